The van der Waals surface area contributed by atoms with Gasteiger partial charge in [-0.3, -0.25) is 14.5 Å². The van der Waals surface area contributed by atoms with Gasteiger partial charge in [-0.05, 0) is 66.6 Å². The van der Waals surface area contributed by atoms with Crippen LogP contribution in [0.2, 0.25) is 5.02 Å². The van der Waals surface area contributed by atoms with Crippen molar-refractivity contribution in [1.82, 2.24) is 9.80 Å². The van der Waals surface area contributed by atoms with Gasteiger partial charge in [0.25, 0.3) is 0 Å². The summed E-state index contributed by atoms with van der Waals surface area (Å²) in [4.78, 5) is 32.0. The molecule has 3 aromatic rings. The zero-order valence-corrected chi connectivity index (χ0v) is 22.7. The first-order valence-electron chi connectivity index (χ1n) is 13.2. The molecule has 0 unspecified atom stereocenters. The maximum atomic E-state index is 13.0. The fourth-order valence-electron chi connectivity index (χ4n) is 5.17. The molecule has 0 radical (unpaired) electrons. The third-order valence-corrected chi connectivity index (χ3v) is 7.81. The molecule has 2 aliphatic heterocycles. The Morgan fingerprint density at radius 3 is 2.26 bits per heavy atom. The molecule has 0 aliphatic carbocycles. The number of piperazine rings is 1. The molecule has 204 valence electrons. The van der Waals surface area contributed by atoms with Crippen molar-refractivity contribution in [1.29, 1.82) is 0 Å². The monoisotopic (exact) mass is 548 g/mol. The van der Waals surface area contributed by atoms with Crippen LogP contribution in [0.3, 0.4) is 0 Å². The van der Waals surface area contributed by atoms with E-state index in [0.717, 1.165) is 35.7 Å². The third kappa shape index (κ3) is 6.46. The maximum absolute atomic E-state index is 13.0. The van der Waals surface area contributed by atoms with Crippen molar-refractivity contribution in [2.24, 2.45) is 5.92 Å². The zero-order chi connectivity index (χ0) is 27.4. The van der Waals surface area contributed by atoms with Gasteiger partial charge in [0.1, 0.15) is 11.5 Å². The van der Waals surface area contributed by atoms with Crippen LogP contribution in [0.15, 0.2) is 66.7 Å². The van der Waals surface area contributed by atoms with Crippen LogP contribution in [0.4, 0.5) is 11.4 Å². The van der Waals surface area contributed by atoms with Crippen molar-refractivity contribution < 1.29 is 19.4 Å². The highest BCUT2D eigenvalue weighted by molar-refractivity contribution is 6.32. The van der Waals surface area contributed by atoms with Crippen LogP contribution in [0.25, 0.3) is 11.1 Å². The Kier molecular flexibility index (Phi) is 8.24. The SMILES string of the molecule is COc1ccc(-c2ccc(N3CCN(C(=O)CN4CC[C@@H](C(=O)Nc5ccc(O)c(Cl)c5)C4)CC3)cc2)cc1. The van der Waals surface area contributed by atoms with Gasteiger partial charge < -0.3 is 25.0 Å². The number of amides is 2. The summed E-state index contributed by atoms with van der Waals surface area (Å²) in [6.45, 7) is 4.51. The first-order chi connectivity index (χ1) is 18.9. The summed E-state index contributed by atoms with van der Waals surface area (Å²) in [6, 6.07) is 21.2. The molecule has 39 heavy (non-hydrogen) atoms. The molecule has 2 amide bonds. The second-order valence-electron chi connectivity index (χ2n) is 10.0. The maximum Gasteiger partial charge on any atom is 0.236 e. The van der Waals surface area contributed by atoms with Gasteiger partial charge in [-0.1, -0.05) is 35.9 Å². The first kappa shape index (κ1) is 26.8. The highest BCUT2D eigenvalue weighted by Crippen LogP contribution is 2.28. The molecule has 2 N–H and O–H groups in total. The van der Waals surface area contributed by atoms with Crippen LogP contribution in [-0.2, 0) is 9.59 Å². The number of halogens is 1. The number of anilines is 2. The average molecular weight is 549 g/mol. The minimum absolute atomic E-state index is 0.0244. The molecule has 0 bridgehead atoms. The van der Waals surface area contributed by atoms with Crippen molar-refractivity contribution in [3.05, 3.63) is 71.8 Å². The highest BCUT2D eigenvalue weighted by atomic mass is 35.5. The largest absolute Gasteiger partial charge is 0.506 e. The Hall–Kier alpha value is -3.75. The molecule has 9 heteroatoms. The number of hydrogen-bond donors (Lipinski definition) is 2. The van der Waals surface area contributed by atoms with Gasteiger partial charge in [-0.25, -0.2) is 0 Å². The minimum atomic E-state index is -0.192. The minimum Gasteiger partial charge on any atom is -0.506 e. The Morgan fingerprint density at radius 1 is 0.949 bits per heavy atom. The van der Waals surface area contributed by atoms with Gasteiger partial charge in [0.15, 0.2) is 0 Å². The number of aromatic hydroxyl groups is 1. The van der Waals surface area contributed by atoms with Crippen molar-refractivity contribution >= 4 is 34.8 Å². The van der Waals surface area contributed by atoms with Gasteiger partial charge in [0.05, 0.1) is 24.6 Å². The van der Waals surface area contributed by atoms with Crippen LogP contribution < -0.4 is 15.0 Å². The van der Waals surface area contributed by atoms with Crippen molar-refractivity contribution in [3.63, 3.8) is 0 Å². The molecule has 0 spiro atoms. The third-order valence-electron chi connectivity index (χ3n) is 7.51. The average Bonchev–Trinajstić information content (AvgIpc) is 3.44. The van der Waals surface area contributed by atoms with E-state index in [1.54, 1.807) is 13.2 Å². The number of nitrogens with one attached hydrogen (secondary N) is 1. The molecule has 0 aromatic heterocycles. The lowest BCUT2D eigenvalue weighted by Crippen LogP contribution is -2.51. The Bertz CT molecular complexity index is 1310. The lowest BCUT2D eigenvalue weighted by molar-refractivity contribution is -0.132. The van der Waals surface area contributed by atoms with Gasteiger partial charge in [-0.2, -0.15) is 0 Å². The second kappa shape index (κ2) is 12.0. The van der Waals surface area contributed by atoms with E-state index >= 15 is 0 Å². The summed E-state index contributed by atoms with van der Waals surface area (Å²) in [6.07, 6.45) is 0.700. The number of phenolic OH excluding ortho intramolecular Hbond substituents is 1. The van der Waals surface area contributed by atoms with Crippen LogP contribution in [0.1, 0.15) is 6.42 Å². The number of carbonyl (C=O) groups excluding carboxylic acids is 2. The number of rotatable bonds is 7. The molecule has 5 rings (SSSR count). The molecule has 2 fully saturated rings. The molecule has 2 heterocycles. The van der Waals surface area contributed by atoms with E-state index in [4.69, 9.17) is 16.3 Å². The van der Waals surface area contributed by atoms with Gasteiger partial charge in [-0.15, -0.1) is 0 Å². The molecular formula is C30H33ClN4O4. The summed E-state index contributed by atoms with van der Waals surface area (Å²) >= 11 is 5.93. The van der Waals surface area contributed by atoms with E-state index in [0.29, 0.717) is 44.8 Å². The summed E-state index contributed by atoms with van der Waals surface area (Å²) in [7, 11) is 1.67. The number of benzene rings is 3. The van der Waals surface area contributed by atoms with Crippen LogP contribution >= 0.6 is 11.6 Å². The van der Waals surface area contributed by atoms with Gasteiger partial charge in [0.2, 0.25) is 11.8 Å². The van der Waals surface area contributed by atoms with E-state index < -0.39 is 0 Å². The topological polar surface area (TPSA) is 85.4 Å². The Labute approximate surface area is 233 Å². The van der Waals surface area contributed by atoms with Gasteiger partial charge in [0, 0.05) is 44.1 Å². The van der Waals surface area contributed by atoms with Gasteiger partial charge >= 0.3 is 0 Å². The lowest BCUT2D eigenvalue weighted by Gasteiger charge is -2.36. The molecule has 8 nitrogen and oxygen atoms in total. The van der Waals surface area contributed by atoms with Crippen LogP contribution in [0.5, 0.6) is 11.5 Å². The molecule has 1 atom stereocenters. The van der Waals surface area contributed by atoms with Crippen molar-refractivity contribution in [3.8, 4) is 22.6 Å². The van der Waals surface area contributed by atoms with E-state index in [1.807, 2.05) is 17.0 Å². The number of carbonyl (C=O) groups is 2. The van der Waals surface area contributed by atoms with Crippen molar-refractivity contribution in [2.75, 3.05) is 63.1 Å². The first-order valence-corrected chi connectivity index (χ1v) is 13.6. The number of nitrogens with zero attached hydrogens (tertiary/aromatic N) is 3. The highest BCUT2D eigenvalue weighted by Gasteiger charge is 2.31. The molecular weight excluding hydrogens is 516 g/mol. The lowest BCUT2D eigenvalue weighted by atomic mass is 10.0. The molecule has 0 saturated carbocycles. The normalized spacial score (nSPS) is 17.7. The Morgan fingerprint density at radius 2 is 1.62 bits per heavy atom. The Balaban J connectivity index is 1.07. The fourth-order valence-corrected chi connectivity index (χ4v) is 5.35. The number of ether oxygens (including phenoxy) is 1. The zero-order valence-electron chi connectivity index (χ0n) is 22.0. The van der Waals surface area contributed by atoms with Crippen molar-refractivity contribution in [2.45, 2.75) is 6.42 Å². The molecule has 3 aromatic carbocycles. The number of hydrogen-bond acceptors (Lipinski definition) is 6. The van der Waals surface area contributed by atoms with E-state index in [2.05, 4.69) is 51.5 Å². The van der Waals surface area contributed by atoms with Crippen LogP contribution in [0, 0.1) is 5.92 Å². The van der Waals surface area contributed by atoms with Crippen LogP contribution in [-0.4, -0.2) is 79.6 Å². The predicted molar refractivity (Wildman–Crippen MR) is 154 cm³/mol. The summed E-state index contributed by atoms with van der Waals surface area (Å²) in [5.74, 6) is 0.634. The fraction of sp³-hybridized carbons (Fsp3) is 0.333. The number of phenols is 1. The molecule has 2 saturated heterocycles. The summed E-state index contributed by atoms with van der Waals surface area (Å²) in [5.41, 5.74) is 4.00. The smallest absolute Gasteiger partial charge is 0.236 e. The van der Waals surface area contributed by atoms with E-state index in [-0.39, 0.29) is 28.5 Å². The molecule has 2 aliphatic rings. The number of likely N-dealkylation sites (tertiary alicyclic amines) is 1. The van der Waals surface area contributed by atoms with E-state index in [9.17, 15) is 14.7 Å². The van der Waals surface area contributed by atoms with E-state index in [1.165, 1.54) is 12.1 Å². The standard InChI is InChI=1S/C30H33ClN4O4/c1-39-26-9-4-22(5-10-26)21-2-7-25(8-3-21)34-14-16-35(17-15-34)29(37)20-33-13-12-23(19-33)30(38)32-24-6-11-28(36)27(31)18-24/h2-11,18,23,36H,12-17,19-20H2,1H3,(H,32,38)/t23-/m1/s1. The summed E-state index contributed by atoms with van der Waals surface area (Å²) < 4.78 is 5.24. The second-order valence-corrected chi connectivity index (χ2v) is 10.4. The quantitative estimate of drug-likeness (QED) is 0.428. The number of methoxy groups -OCH3 is 1. The predicted octanol–water partition coefficient (Wildman–Crippen LogP) is 4.33. The summed E-state index contributed by atoms with van der Waals surface area (Å²) in [5, 5.41) is 12.6.